The highest BCUT2D eigenvalue weighted by molar-refractivity contribution is 7.91. The lowest BCUT2D eigenvalue weighted by molar-refractivity contribution is 0.400. The predicted molar refractivity (Wildman–Crippen MR) is 147 cm³/mol. The molecule has 0 spiro atoms. The number of H-pyrrole nitrogens is 1. The number of nitrogens with two attached hydrogens (primary N) is 1. The van der Waals surface area contributed by atoms with Gasteiger partial charge < -0.3 is 10.6 Å². The zero-order valence-corrected chi connectivity index (χ0v) is 22.1. The van der Waals surface area contributed by atoms with E-state index in [0.29, 0.717) is 11.3 Å². The van der Waals surface area contributed by atoms with Crippen molar-refractivity contribution >= 4 is 27.3 Å². The second kappa shape index (κ2) is 8.87. The van der Waals surface area contributed by atoms with Gasteiger partial charge in [0, 0.05) is 47.1 Å². The van der Waals surface area contributed by atoms with Crippen molar-refractivity contribution in [3.05, 3.63) is 66.9 Å². The molecular formula is C27H27N9O2S. The molecule has 0 saturated carbocycles. The molecule has 2 fully saturated rings. The number of benzene rings is 1. The average molecular weight is 542 g/mol. The summed E-state index contributed by atoms with van der Waals surface area (Å²) in [4.78, 5) is 16.4. The molecule has 39 heavy (non-hydrogen) atoms. The number of sulfone groups is 1. The van der Waals surface area contributed by atoms with Crippen LogP contribution in [0.3, 0.4) is 0 Å². The number of nitrogen functional groups attached to an aromatic ring is 1. The molecule has 2 saturated heterocycles. The fourth-order valence-corrected chi connectivity index (χ4v) is 7.34. The second-order valence-corrected chi connectivity index (χ2v) is 12.3. The van der Waals surface area contributed by atoms with E-state index in [9.17, 15) is 8.42 Å². The van der Waals surface area contributed by atoms with Crippen LogP contribution in [0.4, 0.5) is 11.8 Å². The van der Waals surface area contributed by atoms with Gasteiger partial charge in [-0.15, -0.1) is 0 Å². The molecule has 198 valence electrons. The van der Waals surface area contributed by atoms with Gasteiger partial charge in [0.05, 0.1) is 17.6 Å². The SMILES string of the molecule is CS(=O)(=O)c1c(C2CC3CCC(C2)N3c2ncn[nH]2)nc2c(-c3ccc(-c4ccccc4)nc3)cnn2c1N. The van der Waals surface area contributed by atoms with Crippen molar-refractivity contribution in [1.29, 1.82) is 0 Å². The van der Waals surface area contributed by atoms with Gasteiger partial charge in [-0.2, -0.15) is 19.7 Å². The molecule has 0 radical (unpaired) electrons. The van der Waals surface area contributed by atoms with Gasteiger partial charge in [0.25, 0.3) is 0 Å². The number of rotatable bonds is 5. The normalized spacial score (nSPS) is 21.1. The maximum absolute atomic E-state index is 13.0. The molecule has 6 heterocycles. The maximum atomic E-state index is 13.0. The highest BCUT2D eigenvalue weighted by Gasteiger charge is 2.44. The molecule has 0 aliphatic carbocycles. The van der Waals surface area contributed by atoms with E-state index in [1.807, 2.05) is 42.5 Å². The lowest BCUT2D eigenvalue weighted by Gasteiger charge is -2.38. The Morgan fingerprint density at radius 2 is 1.74 bits per heavy atom. The molecule has 11 nitrogen and oxygen atoms in total. The fourth-order valence-electron chi connectivity index (χ4n) is 6.28. The fraction of sp³-hybridized carbons (Fsp3) is 0.296. The summed E-state index contributed by atoms with van der Waals surface area (Å²) in [6.45, 7) is 0. The molecular weight excluding hydrogens is 514 g/mol. The molecule has 5 aromatic rings. The van der Waals surface area contributed by atoms with Crippen LogP contribution in [0.15, 0.2) is 66.1 Å². The molecule has 12 heteroatoms. The van der Waals surface area contributed by atoms with Gasteiger partial charge in [-0.05, 0) is 31.7 Å². The van der Waals surface area contributed by atoms with Crippen molar-refractivity contribution in [2.45, 2.75) is 48.6 Å². The lowest BCUT2D eigenvalue weighted by atomic mass is 9.88. The number of hydrogen-bond donors (Lipinski definition) is 2. The van der Waals surface area contributed by atoms with Crippen LogP contribution in [0.2, 0.25) is 0 Å². The van der Waals surface area contributed by atoms with Gasteiger partial charge in [0.1, 0.15) is 17.0 Å². The van der Waals surface area contributed by atoms with Gasteiger partial charge in [-0.25, -0.2) is 18.5 Å². The summed E-state index contributed by atoms with van der Waals surface area (Å²) < 4.78 is 27.5. The van der Waals surface area contributed by atoms with E-state index in [4.69, 9.17) is 10.7 Å². The Labute approximate surface area is 225 Å². The third-order valence-corrected chi connectivity index (χ3v) is 9.10. The summed E-state index contributed by atoms with van der Waals surface area (Å²) in [5.41, 5.74) is 11.0. The number of pyridine rings is 1. The minimum atomic E-state index is -3.67. The zero-order valence-electron chi connectivity index (χ0n) is 21.3. The summed E-state index contributed by atoms with van der Waals surface area (Å²) in [6.07, 6.45) is 9.67. The Hall–Kier alpha value is -4.32. The van der Waals surface area contributed by atoms with Gasteiger partial charge >= 0.3 is 0 Å². The Morgan fingerprint density at radius 1 is 0.974 bits per heavy atom. The van der Waals surface area contributed by atoms with Crippen molar-refractivity contribution in [1.82, 2.24) is 34.8 Å². The molecule has 2 aliphatic rings. The highest BCUT2D eigenvalue weighted by atomic mass is 32.2. The summed E-state index contributed by atoms with van der Waals surface area (Å²) in [7, 11) is -3.67. The number of aromatic nitrogens is 7. The van der Waals surface area contributed by atoms with E-state index in [0.717, 1.165) is 54.0 Å². The Balaban J connectivity index is 1.31. The maximum Gasteiger partial charge on any atom is 0.221 e. The highest BCUT2D eigenvalue weighted by Crippen LogP contribution is 2.46. The van der Waals surface area contributed by atoms with Crippen LogP contribution < -0.4 is 10.6 Å². The molecule has 1 aromatic carbocycles. The van der Waals surface area contributed by atoms with Crippen LogP contribution in [0.5, 0.6) is 0 Å². The van der Waals surface area contributed by atoms with Crippen molar-refractivity contribution < 1.29 is 8.42 Å². The van der Waals surface area contributed by atoms with Crippen molar-refractivity contribution in [3.63, 3.8) is 0 Å². The summed E-state index contributed by atoms with van der Waals surface area (Å²) >= 11 is 0. The predicted octanol–water partition coefficient (Wildman–Crippen LogP) is 3.48. The Bertz CT molecular complexity index is 1750. The number of fused-ring (bicyclic) bond motifs is 3. The first kappa shape index (κ1) is 23.8. The number of aromatic amines is 1. The van der Waals surface area contributed by atoms with Crippen LogP contribution >= 0.6 is 0 Å². The number of anilines is 2. The Kier molecular flexibility index (Phi) is 5.41. The standard InChI is InChI=1S/C27H27N9O2S/c1-39(37,38)24-23(18-11-19-8-9-20(12-18)35(19)27-30-15-31-34-27)33-26-21(14-32-36(26)25(24)28)17-7-10-22(29-13-17)16-5-3-2-4-6-16/h2-7,10,13-15,18-20H,8-9,11-12,28H2,1H3,(H,30,31,34). The molecule has 2 unspecified atom stereocenters. The monoisotopic (exact) mass is 541 g/mol. The third-order valence-electron chi connectivity index (χ3n) is 7.95. The number of nitrogens with zero attached hydrogens (tertiary/aromatic N) is 7. The molecule has 4 aromatic heterocycles. The minimum Gasteiger partial charge on any atom is -0.382 e. The van der Waals surface area contributed by atoms with Crippen LogP contribution in [0.25, 0.3) is 28.0 Å². The van der Waals surface area contributed by atoms with Crippen LogP contribution in [-0.2, 0) is 9.84 Å². The molecule has 2 aliphatic heterocycles. The van der Waals surface area contributed by atoms with Gasteiger partial charge in [0.15, 0.2) is 15.5 Å². The summed E-state index contributed by atoms with van der Waals surface area (Å²) in [5, 5.41) is 11.4. The first-order valence-electron chi connectivity index (χ1n) is 12.9. The van der Waals surface area contributed by atoms with E-state index in [1.165, 1.54) is 17.1 Å². The third kappa shape index (κ3) is 3.94. The van der Waals surface area contributed by atoms with Crippen molar-refractivity contribution in [2.24, 2.45) is 0 Å². The van der Waals surface area contributed by atoms with Crippen molar-refractivity contribution in [3.8, 4) is 22.4 Å². The van der Waals surface area contributed by atoms with Gasteiger partial charge in [-0.1, -0.05) is 36.4 Å². The van der Waals surface area contributed by atoms with E-state index >= 15 is 0 Å². The smallest absolute Gasteiger partial charge is 0.221 e. The summed E-state index contributed by atoms with van der Waals surface area (Å²) in [6, 6.07) is 14.3. The van der Waals surface area contributed by atoms with E-state index in [-0.39, 0.29) is 28.7 Å². The summed E-state index contributed by atoms with van der Waals surface area (Å²) in [5.74, 6) is 0.777. The second-order valence-electron chi connectivity index (χ2n) is 10.3. The van der Waals surface area contributed by atoms with E-state index in [1.54, 1.807) is 12.4 Å². The molecule has 7 rings (SSSR count). The molecule has 3 N–H and O–H groups in total. The lowest BCUT2D eigenvalue weighted by Crippen LogP contribution is -2.43. The van der Waals surface area contributed by atoms with Crippen LogP contribution in [0, 0.1) is 0 Å². The molecule has 2 bridgehead atoms. The largest absolute Gasteiger partial charge is 0.382 e. The van der Waals surface area contributed by atoms with Crippen LogP contribution in [0.1, 0.15) is 37.3 Å². The van der Waals surface area contributed by atoms with Crippen LogP contribution in [-0.4, -0.2) is 61.5 Å². The quantitative estimate of drug-likeness (QED) is 0.341. The first-order valence-corrected chi connectivity index (χ1v) is 14.8. The van der Waals surface area contributed by atoms with Crippen molar-refractivity contribution in [2.75, 3.05) is 16.9 Å². The number of hydrogen-bond acceptors (Lipinski definition) is 9. The first-order chi connectivity index (χ1) is 18.9. The van der Waals surface area contributed by atoms with Gasteiger partial charge in [-0.3, -0.25) is 4.98 Å². The van der Waals surface area contributed by atoms with Gasteiger partial charge in [0.2, 0.25) is 5.95 Å². The minimum absolute atomic E-state index is 0.0692. The molecule has 2 atom stereocenters. The Morgan fingerprint density at radius 3 is 2.38 bits per heavy atom. The molecule has 0 amide bonds. The number of piperidine rings is 1. The average Bonchev–Trinajstić information content (AvgIpc) is 3.66. The topological polar surface area (TPSA) is 148 Å². The number of nitrogens with one attached hydrogen (secondary N) is 1. The van der Waals surface area contributed by atoms with E-state index in [2.05, 4.69) is 30.2 Å². The van der Waals surface area contributed by atoms with E-state index < -0.39 is 9.84 Å². The zero-order chi connectivity index (χ0) is 26.7.